The van der Waals surface area contributed by atoms with E-state index in [4.69, 9.17) is 4.74 Å². The highest BCUT2D eigenvalue weighted by atomic mass is 16.5. The highest BCUT2D eigenvalue weighted by Crippen LogP contribution is 2.62. The molecule has 3 heteroatoms. The Morgan fingerprint density at radius 3 is 2.67 bits per heavy atom. The number of ether oxygens (including phenoxy) is 1. The van der Waals surface area contributed by atoms with Crippen LogP contribution in [0.15, 0.2) is 0 Å². The molecule has 1 saturated heterocycles. The molecule has 68 valence electrons. The second kappa shape index (κ2) is 2.22. The number of methoxy groups -OCH3 is 1. The molecule has 1 aliphatic heterocycles. The summed E-state index contributed by atoms with van der Waals surface area (Å²) in [5.74, 6) is 1.08. The summed E-state index contributed by atoms with van der Waals surface area (Å²) >= 11 is 0. The first-order valence-corrected chi connectivity index (χ1v) is 4.40. The molecule has 2 fully saturated rings. The van der Waals surface area contributed by atoms with E-state index < -0.39 is 0 Å². The van der Waals surface area contributed by atoms with Gasteiger partial charge in [-0.2, -0.15) is 0 Å². The van der Waals surface area contributed by atoms with Gasteiger partial charge in [-0.25, -0.2) is 0 Å². The van der Waals surface area contributed by atoms with Gasteiger partial charge in [0.2, 0.25) is 0 Å². The standard InChI is InChI=1S/C9H15NO2/c1-9(2)5-4-10-7(6(5)9)8(11)12-3/h5-7,10H,4H2,1-3H3/t5-,6+,7-/m0/s1. The number of hydrogen-bond donors (Lipinski definition) is 1. The fraction of sp³-hybridized carbons (Fsp3) is 0.889. The van der Waals surface area contributed by atoms with E-state index in [-0.39, 0.29) is 12.0 Å². The molecule has 1 saturated carbocycles. The van der Waals surface area contributed by atoms with Gasteiger partial charge in [0.25, 0.3) is 0 Å². The van der Waals surface area contributed by atoms with Gasteiger partial charge in [0, 0.05) is 0 Å². The molecular formula is C9H15NO2. The van der Waals surface area contributed by atoms with Gasteiger partial charge in [-0.3, -0.25) is 4.79 Å². The second-order valence-electron chi connectivity index (χ2n) is 4.36. The molecule has 0 aromatic rings. The zero-order valence-electron chi connectivity index (χ0n) is 7.76. The van der Waals surface area contributed by atoms with Gasteiger partial charge >= 0.3 is 5.97 Å². The van der Waals surface area contributed by atoms with Crippen LogP contribution in [0.4, 0.5) is 0 Å². The molecule has 0 amide bonds. The van der Waals surface area contributed by atoms with Crippen molar-refractivity contribution in [1.82, 2.24) is 5.32 Å². The topological polar surface area (TPSA) is 38.3 Å². The van der Waals surface area contributed by atoms with Crippen LogP contribution in [0.2, 0.25) is 0 Å². The van der Waals surface area contributed by atoms with Crippen LogP contribution >= 0.6 is 0 Å². The average Bonchev–Trinajstić information content (AvgIpc) is 2.52. The minimum absolute atomic E-state index is 0.0463. The van der Waals surface area contributed by atoms with Crippen LogP contribution < -0.4 is 5.32 Å². The summed E-state index contributed by atoms with van der Waals surface area (Å²) in [6.07, 6.45) is 0. The number of nitrogens with one attached hydrogen (secondary N) is 1. The normalized spacial score (nSPS) is 42.1. The van der Waals surface area contributed by atoms with Gasteiger partial charge in [-0.1, -0.05) is 13.8 Å². The summed E-state index contributed by atoms with van der Waals surface area (Å²) in [6.45, 7) is 5.41. The Balaban J connectivity index is 2.08. The molecule has 2 aliphatic rings. The van der Waals surface area contributed by atoms with E-state index >= 15 is 0 Å². The Morgan fingerprint density at radius 1 is 1.58 bits per heavy atom. The Labute approximate surface area is 72.5 Å². The molecule has 0 bridgehead atoms. The van der Waals surface area contributed by atoms with Crippen LogP contribution in [0.3, 0.4) is 0 Å². The summed E-state index contributed by atoms with van der Waals surface area (Å²) in [5, 5.41) is 3.19. The molecule has 0 spiro atoms. The van der Waals surface area contributed by atoms with E-state index in [0.717, 1.165) is 6.54 Å². The smallest absolute Gasteiger partial charge is 0.323 e. The Hall–Kier alpha value is -0.570. The number of piperidine rings is 1. The molecule has 0 radical (unpaired) electrons. The summed E-state index contributed by atoms with van der Waals surface area (Å²) in [6, 6.07) is -0.0463. The summed E-state index contributed by atoms with van der Waals surface area (Å²) in [5.41, 5.74) is 0.351. The van der Waals surface area contributed by atoms with Crippen molar-refractivity contribution in [3.63, 3.8) is 0 Å². The quantitative estimate of drug-likeness (QED) is 0.577. The van der Waals surface area contributed by atoms with Crippen molar-refractivity contribution in [3.05, 3.63) is 0 Å². The lowest BCUT2D eigenvalue weighted by Gasteiger charge is -2.16. The third-order valence-electron chi connectivity index (χ3n) is 3.51. The van der Waals surface area contributed by atoms with Crippen LogP contribution in [-0.2, 0) is 9.53 Å². The number of rotatable bonds is 1. The molecule has 1 heterocycles. The average molecular weight is 169 g/mol. The van der Waals surface area contributed by atoms with Crippen LogP contribution in [0.25, 0.3) is 0 Å². The maximum atomic E-state index is 11.3. The van der Waals surface area contributed by atoms with Crippen LogP contribution in [0, 0.1) is 17.3 Å². The van der Waals surface area contributed by atoms with Crippen molar-refractivity contribution in [2.45, 2.75) is 19.9 Å². The van der Waals surface area contributed by atoms with Crippen LogP contribution in [-0.4, -0.2) is 25.7 Å². The largest absolute Gasteiger partial charge is 0.468 e. The predicted octanol–water partition coefficient (Wildman–Crippen LogP) is 0.403. The summed E-state index contributed by atoms with van der Waals surface area (Å²) < 4.78 is 4.72. The number of carbonyl (C=O) groups is 1. The monoisotopic (exact) mass is 169 g/mol. The maximum absolute atomic E-state index is 11.3. The molecule has 0 aromatic carbocycles. The molecule has 12 heavy (non-hydrogen) atoms. The third kappa shape index (κ3) is 0.829. The SMILES string of the molecule is COC(=O)[C@H]1NC[C@H]2[C@H]1C2(C)C. The zero-order valence-corrected chi connectivity index (χ0v) is 7.76. The maximum Gasteiger partial charge on any atom is 0.323 e. The van der Waals surface area contributed by atoms with Gasteiger partial charge < -0.3 is 10.1 Å². The first-order chi connectivity index (χ1) is 5.59. The van der Waals surface area contributed by atoms with Crippen molar-refractivity contribution in [1.29, 1.82) is 0 Å². The Kier molecular flexibility index (Phi) is 1.49. The molecule has 1 N–H and O–H groups in total. The van der Waals surface area contributed by atoms with Crippen molar-refractivity contribution in [2.75, 3.05) is 13.7 Å². The lowest BCUT2D eigenvalue weighted by Crippen LogP contribution is -2.38. The van der Waals surface area contributed by atoms with Gasteiger partial charge in [-0.15, -0.1) is 0 Å². The number of hydrogen-bond acceptors (Lipinski definition) is 3. The lowest BCUT2D eigenvalue weighted by atomic mass is 10.0. The van der Waals surface area contributed by atoms with Gasteiger partial charge in [0.15, 0.2) is 0 Å². The van der Waals surface area contributed by atoms with Gasteiger partial charge in [0.1, 0.15) is 6.04 Å². The molecular weight excluding hydrogens is 154 g/mol. The molecule has 0 unspecified atom stereocenters. The number of esters is 1. The van der Waals surface area contributed by atoms with Gasteiger partial charge in [0.05, 0.1) is 7.11 Å². The molecule has 1 aliphatic carbocycles. The van der Waals surface area contributed by atoms with Crippen LogP contribution in [0.1, 0.15) is 13.8 Å². The highest BCUT2D eigenvalue weighted by molar-refractivity contribution is 5.77. The second-order valence-corrected chi connectivity index (χ2v) is 4.36. The van der Waals surface area contributed by atoms with E-state index in [1.807, 2.05) is 0 Å². The van der Waals surface area contributed by atoms with E-state index in [9.17, 15) is 4.79 Å². The van der Waals surface area contributed by atoms with Crippen molar-refractivity contribution in [3.8, 4) is 0 Å². The zero-order chi connectivity index (χ0) is 8.93. The molecule has 3 atom stereocenters. The molecule has 2 rings (SSSR count). The van der Waals surface area contributed by atoms with Crippen molar-refractivity contribution < 1.29 is 9.53 Å². The fourth-order valence-electron chi connectivity index (χ4n) is 2.58. The third-order valence-corrected chi connectivity index (χ3v) is 3.51. The Bertz CT molecular complexity index is 225. The van der Waals surface area contributed by atoms with E-state index in [2.05, 4.69) is 19.2 Å². The number of carbonyl (C=O) groups excluding carboxylic acids is 1. The first-order valence-electron chi connectivity index (χ1n) is 4.40. The summed E-state index contributed by atoms with van der Waals surface area (Å²) in [7, 11) is 1.45. The van der Waals surface area contributed by atoms with Crippen molar-refractivity contribution >= 4 is 5.97 Å². The van der Waals surface area contributed by atoms with E-state index in [1.54, 1.807) is 0 Å². The molecule has 0 aromatic heterocycles. The highest BCUT2D eigenvalue weighted by Gasteiger charge is 2.66. The first kappa shape index (κ1) is 8.05. The number of fused-ring (bicyclic) bond motifs is 1. The van der Waals surface area contributed by atoms with Crippen molar-refractivity contribution in [2.24, 2.45) is 17.3 Å². The Morgan fingerprint density at radius 2 is 2.25 bits per heavy atom. The predicted molar refractivity (Wildman–Crippen MR) is 44.6 cm³/mol. The van der Waals surface area contributed by atoms with Gasteiger partial charge in [-0.05, 0) is 23.8 Å². The van der Waals surface area contributed by atoms with Crippen LogP contribution in [0.5, 0.6) is 0 Å². The molecule has 3 nitrogen and oxygen atoms in total. The fourth-order valence-corrected chi connectivity index (χ4v) is 2.58. The lowest BCUT2D eigenvalue weighted by molar-refractivity contribution is -0.143. The summed E-state index contributed by atoms with van der Waals surface area (Å²) in [4.78, 5) is 11.3. The minimum Gasteiger partial charge on any atom is -0.468 e. The minimum atomic E-state index is -0.104. The van der Waals surface area contributed by atoms with E-state index in [0.29, 0.717) is 17.3 Å². The van der Waals surface area contributed by atoms with E-state index in [1.165, 1.54) is 7.11 Å².